The summed E-state index contributed by atoms with van der Waals surface area (Å²) >= 11 is 13.6. The lowest BCUT2D eigenvalue weighted by Gasteiger charge is -2.12. The van der Waals surface area contributed by atoms with Gasteiger partial charge in [0.05, 0.1) is 10.0 Å². The molecule has 8 nitrogen and oxygen atoms in total. The molecular formula is C19H14Cl2N4O4S. The van der Waals surface area contributed by atoms with E-state index in [0.29, 0.717) is 31.6 Å². The summed E-state index contributed by atoms with van der Waals surface area (Å²) in [5.74, 6) is -0.375. The Labute approximate surface area is 184 Å². The highest BCUT2D eigenvalue weighted by Crippen LogP contribution is 2.37. The summed E-state index contributed by atoms with van der Waals surface area (Å²) in [5.41, 5.74) is 1.52. The van der Waals surface area contributed by atoms with Crippen molar-refractivity contribution in [2.45, 2.75) is 20.5 Å². The van der Waals surface area contributed by atoms with Gasteiger partial charge in [0, 0.05) is 22.8 Å². The largest absolute Gasteiger partial charge is 0.478 e. The van der Waals surface area contributed by atoms with Crippen LogP contribution in [0, 0.1) is 13.8 Å². The van der Waals surface area contributed by atoms with Gasteiger partial charge < -0.3 is 9.47 Å². The zero-order chi connectivity index (χ0) is 21.4. The summed E-state index contributed by atoms with van der Waals surface area (Å²) in [4.78, 5) is 33.2. The van der Waals surface area contributed by atoms with Crippen LogP contribution in [0.15, 0.2) is 29.1 Å². The van der Waals surface area contributed by atoms with Crippen molar-refractivity contribution in [1.82, 2.24) is 19.6 Å². The predicted molar refractivity (Wildman–Crippen MR) is 114 cm³/mol. The maximum Gasteiger partial charge on any atom is 0.344 e. The number of pyridine rings is 1. The minimum atomic E-state index is -0.627. The van der Waals surface area contributed by atoms with E-state index in [4.69, 9.17) is 32.7 Å². The SMILES string of the molecule is Cc1ccc2c(Cl)cc(Cl)c(OCC(=O)OCc3nn4c(=O)cc(C)nc4s3)c2n1. The summed E-state index contributed by atoms with van der Waals surface area (Å²) in [5, 5.41) is 5.89. The zero-order valence-corrected chi connectivity index (χ0v) is 18.1. The Kier molecular flexibility index (Phi) is 5.59. The number of carbonyl (C=O) groups excluding carboxylic acids is 1. The van der Waals surface area contributed by atoms with E-state index in [2.05, 4.69) is 15.1 Å². The minimum absolute atomic E-state index is 0.110. The number of hydrogen-bond donors (Lipinski definition) is 0. The lowest BCUT2D eigenvalue weighted by Crippen LogP contribution is -2.16. The van der Waals surface area contributed by atoms with E-state index >= 15 is 0 Å². The van der Waals surface area contributed by atoms with Gasteiger partial charge in [-0.25, -0.2) is 14.8 Å². The number of aromatic nitrogens is 4. The summed E-state index contributed by atoms with van der Waals surface area (Å²) in [7, 11) is 0. The zero-order valence-electron chi connectivity index (χ0n) is 15.8. The van der Waals surface area contributed by atoms with E-state index in [1.54, 1.807) is 6.92 Å². The first-order valence-corrected chi connectivity index (χ1v) is 10.3. The Morgan fingerprint density at radius 3 is 2.73 bits per heavy atom. The third-order valence-corrected chi connectivity index (χ3v) is 5.56. The molecule has 0 atom stereocenters. The van der Waals surface area contributed by atoms with Crippen LogP contribution in [0.5, 0.6) is 5.75 Å². The second-order valence-corrected chi connectivity index (χ2v) is 8.25. The lowest BCUT2D eigenvalue weighted by atomic mass is 10.2. The second kappa shape index (κ2) is 8.17. The van der Waals surface area contributed by atoms with E-state index in [-0.39, 0.29) is 29.5 Å². The van der Waals surface area contributed by atoms with Crippen molar-refractivity contribution in [1.29, 1.82) is 0 Å². The number of benzene rings is 1. The third kappa shape index (κ3) is 4.09. The number of carbonyl (C=O) groups is 1. The maximum absolute atomic E-state index is 12.2. The van der Waals surface area contributed by atoms with Crippen molar-refractivity contribution in [3.63, 3.8) is 0 Å². The first-order valence-electron chi connectivity index (χ1n) is 8.72. The number of hydrogen-bond acceptors (Lipinski definition) is 8. The monoisotopic (exact) mass is 464 g/mol. The van der Waals surface area contributed by atoms with Crippen LogP contribution in [0.3, 0.4) is 0 Å². The molecule has 30 heavy (non-hydrogen) atoms. The predicted octanol–water partition coefficient (Wildman–Crippen LogP) is 3.75. The molecule has 1 aromatic carbocycles. The van der Waals surface area contributed by atoms with Gasteiger partial charge in [-0.05, 0) is 32.0 Å². The quantitative estimate of drug-likeness (QED) is 0.415. The molecule has 0 saturated heterocycles. The Balaban J connectivity index is 1.46. The van der Waals surface area contributed by atoms with Crippen molar-refractivity contribution in [3.8, 4) is 5.75 Å². The van der Waals surface area contributed by atoms with Gasteiger partial charge in [0.15, 0.2) is 17.4 Å². The van der Waals surface area contributed by atoms with Gasteiger partial charge in [0.1, 0.15) is 12.1 Å². The highest BCUT2D eigenvalue weighted by Gasteiger charge is 2.16. The molecule has 0 fully saturated rings. The van der Waals surface area contributed by atoms with Crippen molar-refractivity contribution >= 4 is 56.4 Å². The van der Waals surface area contributed by atoms with Crippen molar-refractivity contribution in [2.75, 3.05) is 6.61 Å². The number of nitrogens with zero attached hydrogens (tertiary/aromatic N) is 4. The van der Waals surface area contributed by atoms with Gasteiger partial charge in [-0.1, -0.05) is 34.5 Å². The van der Waals surface area contributed by atoms with Gasteiger partial charge >= 0.3 is 5.97 Å². The molecule has 0 radical (unpaired) electrons. The molecule has 0 aliphatic rings. The van der Waals surface area contributed by atoms with Crippen molar-refractivity contribution < 1.29 is 14.3 Å². The molecule has 11 heteroatoms. The topological polar surface area (TPSA) is 95.7 Å². The first kappa shape index (κ1) is 20.5. The lowest BCUT2D eigenvalue weighted by molar-refractivity contribution is -0.147. The molecule has 0 amide bonds. The number of ether oxygens (including phenoxy) is 2. The highest BCUT2D eigenvalue weighted by molar-refractivity contribution is 7.16. The number of aryl methyl sites for hydroxylation is 2. The van der Waals surface area contributed by atoms with Crippen LogP contribution in [-0.2, 0) is 16.1 Å². The summed E-state index contributed by atoms with van der Waals surface area (Å²) in [6.45, 7) is 3.06. The second-order valence-electron chi connectivity index (χ2n) is 6.39. The standard InChI is InChI=1S/C19H14Cl2N4O4S/c1-9-3-4-11-12(20)6-13(21)18(17(11)22-9)29-8-16(27)28-7-14-24-25-15(26)5-10(2)23-19(25)30-14/h3-6H,7-8H2,1-2H3. The minimum Gasteiger partial charge on any atom is -0.478 e. The van der Waals surface area contributed by atoms with E-state index < -0.39 is 5.97 Å². The molecule has 0 N–H and O–H groups in total. The fourth-order valence-electron chi connectivity index (χ4n) is 2.76. The molecule has 4 rings (SSSR count). The van der Waals surface area contributed by atoms with E-state index in [1.165, 1.54) is 28.0 Å². The van der Waals surface area contributed by atoms with E-state index in [9.17, 15) is 9.59 Å². The summed E-state index contributed by atoms with van der Waals surface area (Å²) < 4.78 is 12.0. The number of rotatable bonds is 5. The Morgan fingerprint density at radius 2 is 1.93 bits per heavy atom. The molecule has 0 spiro atoms. The van der Waals surface area contributed by atoms with E-state index in [0.717, 1.165) is 5.69 Å². The third-order valence-electron chi connectivity index (χ3n) is 4.08. The maximum atomic E-state index is 12.2. The summed E-state index contributed by atoms with van der Waals surface area (Å²) in [6, 6.07) is 6.55. The molecule has 0 unspecified atom stereocenters. The molecular weight excluding hydrogens is 451 g/mol. The van der Waals surface area contributed by atoms with Crippen LogP contribution in [0.4, 0.5) is 0 Å². The van der Waals surface area contributed by atoms with Crippen LogP contribution in [-0.4, -0.2) is 32.2 Å². The van der Waals surface area contributed by atoms with Crippen molar-refractivity contribution in [3.05, 3.63) is 61.1 Å². The van der Waals surface area contributed by atoms with Gasteiger partial charge in [-0.15, -0.1) is 0 Å². The average Bonchev–Trinajstić information content (AvgIpc) is 3.09. The van der Waals surface area contributed by atoms with Gasteiger partial charge in [-0.3, -0.25) is 4.79 Å². The average molecular weight is 465 g/mol. The van der Waals surface area contributed by atoms with Crippen LogP contribution >= 0.6 is 34.5 Å². The molecule has 3 aromatic heterocycles. The number of halogens is 2. The highest BCUT2D eigenvalue weighted by atomic mass is 35.5. The van der Waals surface area contributed by atoms with Crippen LogP contribution in [0.1, 0.15) is 16.4 Å². The Morgan fingerprint density at radius 1 is 1.13 bits per heavy atom. The molecule has 0 aliphatic carbocycles. The van der Waals surface area contributed by atoms with Gasteiger partial charge in [-0.2, -0.15) is 9.61 Å². The molecule has 0 saturated carbocycles. The molecule has 3 heterocycles. The van der Waals surface area contributed by atoms with Crippen LogP contribution < -0.4 is 10.3 Å². The smallest absolute Gasteiger partial charge is 0.344 e. The molecule has 0 bridgehead atoms. The van der Waals surface area contributed by atoms with Gasteiger partial charge in [0.25, 0.3) is 5.56 Å². The number of esters is 1. The molecule has 4 aromatic rings. The molecule has 154 valence electrons. The van der Waals surface area contributed by atoms with Crippen molar-refractivity contribution in [2.24, 2.45) is 0 Å². The van der Waals surface area contributed by atoms with Gasteiger partial charge in [0.2, 0.25) is 4.96 Å². The number of fused-ring (bicyclic) bond motifs is 2. The normalized spacial score (nSPS) is 11.2. The summed E-state index contributed by atoms with van der Waals surface area (Å²) in [6.07, 6.45) is 0. The van der Waals surface area contributed by atoms with Crippen LogP contribution in [0.25, 0.3) is 15.9 Å². The van der Waals surface area contributed by atoms with E-state index in [1.807, 2.05) is 19.1 Å². The Bertz CT molecular complexity index is 1350. The fraction of sp³-hybridized carbons (Fsp3) is 0.211. The first-order chi connectivity index (χ1) is 14.3. The van der Waals surface area contributed by atoms with Crippen LogP contribution in [0.2, 0.25) is 10.0 Å². The molecule has 0 aliphatic heterocycles. The fourth-order valence-corrected chi connectivity index (χ4v) is 4.19. The Hall–Kier alpha value is -2.75.